The van der Waals surface area contributed by atoms with Gasteiger partial charge in [0, 0.05) is 13.6 Å². The first-order valence-corrected chi connectivity index (χ1v) is 5.13. The zero-order valence-electron chi connectivity index (χ0n) is 9.58. The molecule has 0 fully saturated rings. The van der Waals surface area contributed by atoms with Gasteiger partial charge in [0.25, 0.3) is 0 Å². The van der Waals surface area contributed by atoms with Crippen LogP contribution in [-0.2, 0) is 0 Å². The Morgan fingerprint density at radius 2 is 2.07 bits per heavy atom. The van der Waals surface area contributed by atoms with Gasteiger partial charge < -0.3 is 15.3 Å². The lowest BCUT2D eigenvalue weighted by Crippen LogP contribution is -2.45. The van der Waals surface area contributed by atoms with Crippen LogP contribution < -0.4 is 5.32 Å². The summed E-state index contributed by atoms with van der Waals surface area (Å²) < 4.78 is 0. The van der Waals surface area contributed by atoms with Crippen molar-refractivity contribution in [2.45, 2.75) is 33.2 Å². The first kappa shape index (κ1) is 13.2. The summed E-state index contributed by atoms with van der Waals surface area (Å²) >= 11 is 0. The number of aliphatic hydroxyl groups is 1. The fourth-order valence-electron chi connectivity index (χ4n) is 1.18. The molecule has 0 saturated carbocycles. The van der Waals surface area contributed by atoms with E-state index in [2.05, 4.69) is 19.2 Å². The Morgan fingerprint density at radius 3 is 2.43 bits per heavy atom. The molecule has 2 N–H and O–H groups in total. The van der Waals surface area contributed by atoms with Gasteiger partial charge in [0.15, 0.2) is 0 Å². The van der Waals surface area contributed by atoms with Gasteiger partial charge in [-0.15, -0.1) is 0 Å². The van der Waals surface area contributed by atoms with E-state index in [4.69, 9.17) is 5.11 Å². The van der Waals surface area contributed by atoms with Crippen LogP contribution in [0.2, 0.25) is 0 Å². The lowest BCUT2D eigenvalue weighted by Gasteiger charge is -2.22. The molecule has 0 aliphatic rings. The predicted molar refractivity (Wildman–Crippen MR) is 57.2 cm³/mol. The standard InChI is InChI=1S/C10H22N2O2/c1-5-12(4)10(14)11-9(7-13)6-8(2)3/h8-9,13H,5-7H2,1-4H3,(H,11,14). The highest BCUT2D eigenvalue weighted by Crippen LogP contribution is 2.04. The summed E-state index contributed by atoms with van der Waals surface area (Å²) in [5.41, 5.74) is 0. The van der Waals surface area contributed by atoms with Crippen LogP contribution in [-0.4, -0.2) is 42.3 Å². The zero-order valence-corrected chi connectivity index (χ0v) is 9.58. The summed E-state index contributed by atoms with van der Waals surface area (Å²) in [5.74, 6) is 0.472. The van der Waals surface area contributed by atoms with Crippen molar-refractivity contribution in [3.63, 3.8) is 0 Å². The number of nitrogens with zero attached hydrogens (tertiary/aromatic N) is 1. The van der Waals surface area contributed by atoms with Gasteiger partial charge in [-0.25, -0.2) is 4.79 Å². The number of rotatable bonds is 5. The molecule has 84 valence electrons. The smallest absolute Gasteiger partial charge is 0.317 e. The van der Waals surface area contributed by atoms with Crippen molar-refractivity contribution >= 4 is 6.03 Å². The summed E-state index contributed by atoms with van der Waals surface area (Å²) in [7, 11) is 1.74. The van der Waals surface area contributed by atoms with Gasteiger partial charge in [0.05, 0.1) is 12.6 Å². The Hall–Kier alpha value is -0.770. The number of hydrogen-bond acceptors (Lipinski definition) is 2. The highest BCUT2D eigenvalue weighted by atomic mass is 16.3. The minimum atomic E-state index is -0.128. The molecule has 4 heteroatoms. The molecule has 0 heterocycles. The van der Waals surface area contributed by atoms with E-state index in [0.717, 1.165) is 6.42 Å². The van der Waals surface area contributed by atoms with Crippen LogP contribution in [0.5, 0.6) is 0 Å². The second-order valence-corrected chi connectivity index (χ2v) is 3.97. The molecular formula is C10H22N2O2. The molecule has 1 atom stereocenters. The third-order valence-corrected chi connectivity index (χ3v) is 2.12. The predicted octanol–water partition coefficient (Wildman–Crippen LogP) is 1.05. The molecule has 0 aromatic carbocycles. The number of carbonyl (C=O) groups is 1. The molecule has 0 spiro atoms. The van der Waals surface area contributed by atoms with Crippen LogP contribution in [0.25, 0.3) is 0 Å². The Bertz CT molecular complexity index is 172. The average molecular weight is 202 g/mol. The maximum absolute atomic E-state index is 11.4. The third kappa shape index (κ3) is 5.07. The molecule has 14 heavy (non-hydrogen) atoms. The first-order chi connectivity index (χ1) is 6.51. The zero-order chi connectivity index (χ0) is 11.1. The Labute approximate surface area is 86.3 Å². The van der Waals surface area contributed by atoms with Crippen molar-refractivity contribution in [1.82, 2.24) is 10.2 Å². The SMILES string of the molecule is CCN(C)C(=O)NC(CO)CC(C)C. The van der Waals surface area contributed by atoms with Gasteiger partial charge in [0.2, 0.25) is 0 Å². The van der Waals surface area contributed by atoms with E-state index in [1.807, 2.05) is 6.92 Å². The lowest BCUT2D eigenvalue weighted by molar-refractivity contribution is 0.186. The maximum atomic E-state index is 11.4. The largest absolute Gasteiger partial charge is 0.394 e. The van der Waals surface area contributed by atoms with Crippen LogP contribution >= 0.6 is 0 Å². The van der Waals surface area contributed by atoms with E-state index in [9.17, 15) is 4.79 Å². The molecule has 0 aromatic heterocycles. The minimum absolute atomic E-state index is 0.00146. The molecule has 0 bridgehead atoms. The molecule has 0 radical (unpaired) electrons. The number of carbonyl (C=O) groups excluding carboxylic acids is 1. The molecule has 0 saturated heterocycles. The summed E-state index contributed by atoms with van der Waals surface area (Å²) in [6.07, 6.45) is 0.805. The maximum Gasteiger partial charge on any atom is 0.317 e. The van der Waals surface area contributed by atoms with Crippen molar-refractivity contribution in [2.75, 3.05) is 20.2 Å². The fourth-order valence-corrected chi connectivity index (χ4v) is 1.18. The van der Waals surface area contributed by atoms with Crippen LogP contribution in [0.3, 0.4) is 0 Å². The average Bonchev–Trinajstić information content (AvgIpc) is 2.14. The molecule has 4 nitrogen and oxygen atoms in total. The summed E-state index contributed by atoms with van der Waals surface area (Å²) in [4.78, 5) is 13.0. The van der Waals surface area contributed by atoms with Crippen molar-refractivity contribution in [1.29, 1.82) is 0 Å². The second kappa shape index (κ2) is 6.65. The number of aliphatic hydroxyl groups excluding tert-OH is 1. The molecule has 1 unspecified atom stereocenters. The van der Waals surface area contributed by atoms with Crippen LogP contribution in [0.1, 0.15) is 27.2 Å². The summed E-state index contributed by atoms with van der Waals surface area (Å²) in [5, 5.41) is 11.8. The van der Waals surface area contributed by atoms with E-state index >= 15 is 0 Å². The van der Waals surface area contributed by atoms with Gasteiger partial charge in [0.1, 0.15) is 0 Å². The van der Waals surface area contributed by atoms with Crippen molar-refractivity contribution in [2.24, 2.45) is 5.92 Å². The van der Waals surface area contributed by atoms with Crippen LogP contribution in [0.15, 0.2) is 0 Å². The van der Waals surface area contributed by atoms with E-state index in [0.29, 0.717) is 12.5 Å². The monoisotopic (exact) mass is 202 g/mol. The highest BCUT2D eigenvalue weighted by Gasteiger charge is 2.14. The molecule has 0 aliphatic heterocycles. The molecule has 2 amide bonds. The van der Waals surface area contributed by atoms with Crippen molar-refractivity contribution < 1.29 is 9.90 Å². The molecular weight excluding hydrogens is 180 g/mol. The minimum Gasteiger partial charge on any atom is -0.394 e. The van der Waals surface area contributed by atoms with Gasteiger partial charge >= 0.3 is 6.03 Å². The van der Waals surface area contributed by atoms with E-state index in [1.165, 1.54) is 0 Å². The summed E-state index contributed by atoms with van der Waals surface area (Å²) in [6.45, 7) is 6.72. The van der Waals surface area contributed by atoms with E-state index in [-0.39, 0.29) is 18.7 Å². The Balaban J connectivity index is 3.98. The van der Waals surface area contributed by atoms with E-state index in [1.54, 1.807) is 11.9 Å². The van der Waals surface area contributed by atoms with E-state index < -0.39 is 0 Å². The third-order valence-electron chi connectivity index (χ3n) is 2.12. The van der Waals surface area contributed by atoms with Gasteiger partial charge in [-0.1, -0.05) is 13.8 Å². The van der Waals surface area contributed by atoms with Gasteiger partial charge in [-0.05, 0) is 19.3 Å². The second-order valence-electron chi connectivity index (χ2n) is 3.97. The Kier molecular flexibility index (Phi) is 6.28. The topological polar surface area (TPSA) is 52.6 Å². The van der Waals surface area contributed by atoms with Gasteiger partial charge in [-0.3, -0.25) is 0 Å². The normalized spacial score (nSPS) is 12.7. The van der Waals surface area contributed by atoms with Crippen LogP contribution in [0.4, 0.5) is 4.79 Å². The number of amides is 2. The quantitative estimate of drug-likeness (QED) is 0.700. The molecule has 0 aliphatic carbocycles. The number of urea groups is 1. The summed E-state index contributed by atoms with van der Waals surface area (Å²) in [6, 6.07) is -0.247. The van der Waals surface area contributed by atoms with Crippen molar-refractivity contribution in [3.05, 3.63) is 0 Å². The number of hydrogen-bond donors (Lipinski definition) is 2. The molecule has 0 rings (SSSR count). The Morgan fingerprint density at radius 1 is 1.50 bits per heavy atom. The lowest BCUT2D eigenvalue weighted by atomic mass is 10.0. The highest BCUT2D eigenvalue weighted by molar-refractivity contribution is 5.74. The number of nitrogens with one attached hydrogen (secondary N) is 1. The van der Waals surface area contributed by atoms with Crippen molar-refractivity contribution in [3.8, 4) is 0 Å². The van der Waals surface area contributed by atoms with Crippen LogP contribution in [0, 0.1) is 5.92 Å². The first-order valence-electron chi connectivity index (χ1n) is 5.13. The van der Waals surface area contributed by atoms with Gasteiger partial charge in [-0.2, -0.15) is 0 Å². The fraction of sp³-hybridized carbons (Fsp3) is 0.900. The molecule has 0 aromatic rings.